The summed E-state index contributed by atoms with van der Waals surface area (Å²) in [5, 5.41) is 7.00. The number of pyridine rings is 1. The normalized spacial score (nSPS) is 18.1. The largest absolute Gasteiger partial charge is 0.368 e. The second-order valence-corrected chi connectivity index (χ2v) is 5.38. The molecule has 1 atom stereocenters. The van der Waals surface area contributed by atoms with Crippen LogP contribution in [0.4, 0.5) is 5.69 Å². The monoisotopic (exact) mass is 336 g/mol. The van der Waals surface area contributed by atoms with Crippen LogP contribution in [0.15, 0.2) is 35.2 Å². The Labute approximate surface area is 124 Å². The van der Waals surface area contributed by atoms with Crippen molar-refractivity contribution in [1.82, 2.24) is 14.8 Å². The van der Waals surface area contributed by atoms with Crippen molar-refractivity contribution in [2.45, 2.75) is 18.9 Å². The third-order valence-corrected chi connectivity index (χ3v) is 3.47. The lowest BCUT2D eigenvalue weighted by Gasteiger charge is -2.13. The number of carbonyl (C=O) groups is 1. The number of hydrogen-bond acceptors (Lipinski definition) is 4. The molecule has 1 saturated heterocycles. The molecule has 1 aliphatic heterocycles. The standard InChI is InChI=1S/C13H13BrN4O2/c14-9-7-10(17-13(19)11-3-1-6-20-11)12(15-8-9)18-5-2-4-16-18/h2,4-5,7-8,11H,1,3,6H2,(H,17,19)/t11-/m0/s1. The number of carbonyl (C=O) groups excluding carboxylic acids is 1. The number of nitrogens with one attached hydrogen (secondary N) is 1. The van der Waals surface area contributed by atoms with Crippen LogP contribution in [0.3, 0.4) is 0 Å². The summed E-state index contributed by atoms with van der Waals surface area (Å²) in [6.07, 6.45) is 6.40. The molecule has 0 spiro atoms. The second-order valence-electron chi connectivity index (χ2n) is 4.47. The van der Waals surface area contributed by atoms with Gasteiger partial charge in [0.1, 0.15) is 6.10 Å². The molecule has 2 aromatic heterocycles. The van der Waals surface area contributed by atoms with Crippen LogP contribution in [0.2, 0.25) is 0 Å². The van der Waals surface area contributed by atoms with Gasteiger partial charge in [-0.15, -0.1) is 0 Å². The highest BCUT2D eigenvalue weighted by Gasteiger charge is 2.24. The summed E-state index contributed by atoms with van der Waals surface area (Å²) < 4.78 is 7.78. The summed E-state index contributed by atoms with van der Waals surface area (Å²) in [5.41, 5.74) is 0.601. The lowest BCUT2D eigenvalue weighted by atomic mass is 10.2. The Hall–Kier alpha value is -1.73. The highest BCUT2D eigenvalue weighted by Crippen LogP contribution is 2.23. The number of rotatable bonds is 3. The molecule has 104 valence electrons. The van der Waals surface area contributed by atoms with E-state index in [1.165, 1.54) is 0 Å². The number of nitrogens with zero attached hydrogens (tertiary/aromatic N) is 3. The van der Waals surface area contributed by atoms with E-state index in [1.54, 1.807) is 35.4 Å². The molecule has 0 unspecified atom stereocenters. The van der Waals surface area contributed by atoms with Crippen LogP contribution in [-0.2, 0) is 9.53 Å². The molecule has 1 fully saturated rings. The second kappa shape index (κ2) is 5.72. The summed E-state index contributed by atoms with van der Waals surface area (Å²) in [5.74, 6) is 0.431. The molecule has 0 aromatic carbocycles. The first-order chi connectivity index (χ1) is 9.74. The van der Waals surface area contributed by atoms with E-state index in [1.807, 2.05) is 0 Å². The van der Waals surface area contributed by atoms with Gasteiger partial charge in [-0.2, -0.15) is 5.10 Å². The molecular formula is C13H13BrN4O2. The van der Waals surface area contributed by atoms with Gasteiger partial charge in [-0.25, -0.2) is 9.67 Å². The maximum Gasteiger partial charge on any atom is 0.253 e. The zero-order valence-corrected chi connectivity index (χ0v) is 12.2. The van der Waals surface area contributed by atoms with E-state index < -0.39 is 0 Å². The van der Waals surface area contributed by atoms with Crippen LogP contribution in [0.1, 0.15) is 12.8 Å². The summed E-state index contributed by atoms with van der Waals surface area (Å²) in [6.45, 7) is 0.640. The van der Waals surface area contributed by atoms with Gasteiger partial charge >= 0.3 is 0 Å². The van der Waals surface area contributed by atoms with Gasteiger partial charge in [0.15, 0.2) is 5.82 Å². The molecule has 0 aliphatic carbocycles. The van der Waals surface area contributed by atoms with Crippen molar-refractivity contribution >= 4 is 27.5 Å². The van der Waals surface area contributed by atoms with E-state index in [2.05, 4.69) is 31.3 Å². The number of amides is 1. The van der Waals surface area contributed by atoms with E-state index >= 15 is 0 Å². The fourth-order valence-electron chi connectivity index (χ4n) is 2.10. The number of ether oxygens (including phenoxy) is 1. The summed E-state index contributed by atoms with van der Waals surface area (Å²) in [4.78, 5) is 16.4. The minimum absolute atomic E-state index is 0.143. The highest BCUT2D eigenvalue weighted by atomic mass is 79.9. The average molecular weight is 337 g/mol. The van der Waals surface area contributed by atoms with Crippen LogP contribution in [-0.4, -0.2) is 33.4 Å². The lowest BCUT2D eigenvalue weighted by molar-refractivity contribution is -0.124. The molecule has 0 bridgehead atoms. The van der Waals surface area contributed by atoms with Gasteiger partial charge in [0.05, 0.1) is 5.69 Å². The Bertz CT molecular complexity index is 609. The van der Waals surface area contributed by atoms with Gasteiger partial charge in [-0.1, -0.05) is 0 Å². The average Bonchev–Trinajstić information content (AvgIpc) is 3.12. The fourth-order valence-corrected chi connectivity index (χ4v) is 2.43. The Morgan fingerprint density at radius 2 is 2.45 bits per heavy atom. The molecule has 0 saturated carbocycles. The van der Waals surface area contributed by atoms with E-state index in [0.717, 1.165) is 17.3 Å². The first kappa shape index (κ1) is 13.3. The number of aromatic nitrogens is 3. The van der Waals surface area contributed by atoms with Gasteiger partial charge in [0, 0.05) is 29.7 Å². The Kier molecular flexibility index (Phi) is 3.79. The van der Waals surface area contributed by atoms with Crippen molar-refractivity contribution in [2.75, 3.05) is 11.9 Å². The topological polar surface area (TPSA) is 69.0 Å². The molecule has 7 heteroatoms. The summed E-state index contributed by atoms with van der Waals surface area (Å²) in [7, 11) is 0. The highest BCUT2D eigenvalue weighted by molar-refractivity contribution is 9.10. The quantitative estimate of drug-likeness (QED) is 0.932. The number of halogens is 1. The van der Waals surface area contributed by atoms with Crippen LogP contribution in [0, 0.1) is 0 Å². The molecule has 1 amide bonds. The molecule has 20 heavy (non-hydrogen) atoms. The first-order valence-electron chi connectivity index (χ1n) is 6.32. The van der Waals surface area contributed by atoms with E-state index in [0.29, 0.717) is 18.1 Å². The van der Waals surface area contributed by atoms with Gasteiger partial charge in [0.25, 0.3) is 5.91 Å². The van der Waals surface area contributed by atoms with Crippen molar-refractivity contribution < 1.29 is 9.53 Å². The number of hydrogen-bond donors (Lipinski definition) is 1. The maximum atomic E-state index is 12.1. The van der Waals surface area contributed by atoms with E-state index in [9.17, 15) is 4.79 Å². The van der Waals surface area contributed by atoms with Crippen molar-refractivity contribution in [3.8, 4) is 5.82 Å². The minimum Gasteiger partial charge on any atom is -0.368 e. The third-order valence-electron chi connectivity index (χ3n) is 3.03. The van der Waals surface area contributed by atoms with Gasteiger partial charge in [-0.3, -0.25) is 4.79 Å². The molecule has 3 heterocycles. The molecule has 1 aliphatic rings. The van der Waals surface area contributed by atoms with Crippen LogP contribution >= 0.6 is 15.9 Å². The third kappa shape index (κ3) is 2.73. The molecular weight excluding hydrogens is 324 g/mol. The zero-order valence-electron chi connectivity index (χ0n) is 10.6. The minimum atomic E-state index is -0.376. The Balaban J connectivity index is 1.87. The van der Waals surface area contributed by atoms with Gasteiger partial charge in [-0.05, 0) is 40.9 Å². The predicted octanol–water partition coefficient (Wildman–Crippen LogP) is 2.15. The summed E-state index contributed by atoms with van der Waals surface area (Å²) in [6, 6.07) is 3.60. The summed E-state index contributed by atoms with van der Waals surface area (Å²) >= 11 is 3.36. The number of anilines is 1. The van der Waals surface area contributed by atoms with Crippen LogP contribution in [0.25, 0.3) is 5.82 Å². The van der Waals surface area contributed by atoms with Crippen molar-refractivity contribution in [3.05, 3.63) is 35.2 Å². The fraction of sp³-hybridized carbons (Fsp3) is 0.308. The van der Waals surface area contributed by atoms with E-state index in [-0.39, 0.29) is 12.0 Å². The van der Waals surface area contributed by atoms with Crippen molar-refractivity contribution in [2.24, 2.45) is 0 Å². The van der Waals surface area contributed by atoms with Crippen molar-refractivity contribution in [3.63, 3.8) is 0 Å². The first-order valence-corrected chi connectivity index (χ1v) is 7.11. The lowest BCUT2D eigenvalue weighted by Crippen LogP contribution is -2.27. The SMILES string of the molecule is O=C(Nc1cc(Br)cnc1-n1cccn1)[C@@H]1CCCO1. The Morgan fingerprint density at radius 1 is 1.55 bits per heavy atom. The molecule has 1 N–H and O–H groups in total. The molecule has 6 nitrogen and oxygen atoms in total. The van der Waals surface area contributed by atoms with Gasteiger partial charge in [0.2, 0.25) is 0 Å². The smallest absolute Gasteiger partial charge is 0.253 e. The molecule has 2 aromatic rings. The Morgan fingerprint density at radius 3 is 3.15 bits per heavy atom. The van der Waals surface area contributed by atoms with E-state index in [4.69, 9.17) is 4.74 Å². The molecule has 0 radical (unpaired) electrons. The molecule has 3 rings (SSSR count). The zero-order chi connectivity index (χ0) is 13.9. The van der Waals surface area contributed by atoms with Crippen LogP contribution in [0.5, 0.6) is 0 Å². The maximum absolute atomic E-state index is 12.1. The van der Waals surface area contributed by atoms with Gasteiger partial charge < -0.3 is 10.1 Å². The predicted molar refractivity (Wildman–Crippen MR) is 76.7 cm³/mol. The van der Waals surface area contributed by atoms with Crippen LogP contribution < -0.4 is 5.32 Å². The van der Waals surface area contributed by atoms with Crippen molar-refractivity contribution in [1.29, 1.82) is 0 Å².